The van der Waals surface area contributed by atoms with Crippen molar-refractivity contribution < 1.29 is 13.2 Å². The molecular weight excluding hydrogens is 274 g/mol. The van der Waals surface area contributed by atoms with Gasteiger partial charge in [-0.05, 0) is 49.9 Å². The summed E-state index contributed by atoms with van der Waals surface area (Å²) in [7, 11) is -3.47. The van der Waals surface area contributed by atoms with Crippen LogP contribution in [0, 0.1) is 19.3 Å². The molecule has 1 fully saturated rings. The third-order valence-electron chi connectivity index (χ3n) is 4.19. The first-order valence-corrected chi connectivity index (χ1v) is 8.72. The monoisotopic (exact) mass is 297 g/mol. The van der Waals surface area contributed by atoms with Crippen molar-refractivity contribution >= 4 is 10.0 Å². The van der Waals surface area contributed by atoms with E-state index in [1.165, 1.54) is 11.1 Å². The molecule has 0 amide bonds. The van der Waals surface area contributed by atoms with Crippen molar-refractivity contribution in [2.75, 3.05) is 12.4 Å². The summed E-state index contributed by atoms with van der Waals surface area (Å²) in [5.41, 5.74) is 2.08. The van der Waals surface area contributed by atoms with Gasteiger partial charge in [0.05, 0.1) is 12.4 Å². The molecule has 1 aromatic rings. The predicted molar refractivity (Wildman–Crippen MR) is 80.3 cm³/mol. The van der Waals surface area contributed by atoms with E-state index in [2.05, 4.69) is 6.92 Å². The van der Waals surface area contributed by atoms with Gasteiger partial charge in [0.25, 0.3) is 0 Å². The average Bonchev–Trinajstić information content (AvgIpc) is 2.77. The Morgan fingerprint density at radius 3 is 2.40 bits per heavy atom. The molecule has 1 aromatic carbocycles. The second kappa shape index (κ2) is 5.74. The Morgan fingerprint density at radius 1 is 1.20 bits per heavy atom. The molecule has 0 heterocycles. The van der Waals surface area contributed by atoms with Crippen molar-refractivity contribution in [3.8, 4) is 5.75 Å². The second-order valence-corrected chi connectivity index (χ2v) is 7.66. The standard InChI is InChI=1S/C15H23NO3S/c1-12-5-6-14(9-13(12)2)19-10-15(7-3-4-8-15)11-20(16,17)18/h5-6,9H,3-4,7-8,10-11H2,1-2H3,(H2,16,17,18). The highest BCUT2D eigenvalue weighted by molar-refractivity contribution is 7.89. The van der Waals surface area contributed by atoms with Crippen molar-refractivity contribution in [3.05, 3.63) is 29.3 Å². The Morgan fingerprint density at radius 2 is 1.85 bits per heavy atom. The molecule has 0 bridgehead atoms. The van der Waals surface area contributed by atoms with E-state index in [1.807, 2.05) is 25.1 Å². The lowest BCUT2D eigenvalue weighted by Crippen LogP contribution is -2.36. The molecule has 0 radical (unpaired) electrons. The third kappa shape index (κ3) is 3.96. The van der Waals surface area contributed by atoms with Gasteiger partial charge in [0.2, 0.25) is 10.0 Å². The second-order valence-electron chi connectivity index (χ2n) is 6.05. The smallest absolute Gasteiger partial charge is 0.209 e. The van der Waals surface area contributed by atoms with E-state index < -0.39 is 10.0 Å². The number of primary sulfonamides is 1. The van der Waals surface area contributed by atoms with Crippen LogP contribution in [0.4, 0.5) is 0 Å². The number of rotatable bonds is 5. The lowest BCUT2D eigenvalue weighted by molar-refractivity contribution is 0.170. The fourth-order valence-corrected chi connectivity index (χ4v) is 4.15. The number of aryl methyl sites for hydroxylation is 2. The molecule has 0 aliphatic heterocycles. The zero-order valence-corrected chi connectivity index (χ0v) is 13.0. The molecule has 2 rings (SSSR count). The molecule has 20 heavy (non-hydrogen) atoms. The van der Waals surface area contributed by atoms with Crippen LogP contribution in [0.25, 0.3) is 0 Å². The maximum absolute atomic E-state index is 11.4. The molecule has 0 aromatic heterocycles. The minimum atomic E-state index is -3.47. The number of ether oxygens (including phenoxy) is 1. The summed E-state index contributed by atoms with van der Waals surface area (Å²) in [5, 5.41) is 5.23. The molecule has 112 valence electrons. The van der Waals surface area contributed by atoms with Gasteiger partial charge in [0.1, 0.15) is 5.75 Å². The highest BCUT2D eigenvalue weighted by Crippen LogP contribution is 2.39. The van der Waals surface area contributed by atoms with Gasteiger partial charge in [-0.15, -0.1) is 0 Å². The van der Waals surface area contributed by atoms with Crippen LogP contribution in [-0.2, 0) is 10.0 Å². The summed E-state index contributed by atoms with van der Waals surface area (Å²) in [6.45, 7) is 4.52. The van der Waals surface area contributed by atoms with Crippen LogP contribution in [0.2, 0.25) is 0 Å². The fraction of sp³-hybridized carbons (Fsp3) is 0.600. The van der Waals surface area contributed by atoms with Gasteiger partial charge >= 0.3 is 0 Å². The zero-order chi connectivity index (χ0) is 14.8. The van der Waals surface area contributed by atoms with Gasteiger partial charge in [-0.3, -0.25) is 0 Å². The number of nitrogens with two attached hydrogens (primary N) is 1. The minimum absolute atomic E-state index is 0.0187. The largest absolute Gasteiger partial charge is 0.493 e. The maximum atomic E-state index is 11.4. The summed E-state index contributed by atoms with van der Waals surface area (Å²) >= 11 is 0. The van der Waals surface area contributed by atoms with E-state index in [4.69, 9.17) is 9.88 Å². The summed E-state index contributed by atoms with van der Waals surface area (Å²) in [4.78, 5) is 0. The van der Waals surface area contributed by atoms with Gasteiger partial charge < -0.3 is 4.74 Å². The van der Waals surface area contributed by atoms with Crippen molar-refractivity contribution in [1.29, 1.82) is 0 Å². The Labute approximate surface area is 121 Å². The van der Waals surface area contributed by atoms with Gasteiger partial charge in [-0.25, -0.2) is 13.6 Å². The number of benzene rings is 1. The van der Waals surface area contributed by atoms with E-state index in [0.29, 0.717) is 6.61 Å². The molecule has 0 unspecified atom stereocenters. The van der Waals surface area contributed by atoms with Crippen LogP contribution in [-0.4, -0.2) is 20.8 Å². The molecule has 2 N–H and O–H groups in total. The lowest BCUT2D eigenvalue weighted by atomic mass is 9.90. The Kier molecular flexibility index (Phi) is 4.39. The van der Waals surface area contributed by atoms with Crippen LogP contribution in [0.3, 0.4) is 0 Å². The van der Waals surface area contributed by atoms with Gasteiger partial charge in [-0.2, -0.15) is 0 Å². The lowest BCUT2D eigenvalue weighted by Gasteiger charge is -2.27. The molecule has 0 atom stereocenters. The van der Waals surface area contributed by atoms with E-state index in [-0.39, 0.29) is 11.2 Å². The summed E-state index contributed by atoms with van der Waals surface area (Å²) in [5.74, 6) is 0.819. The van der Waals surface area contributed by atoms with Crippen molar-refractivity contribution in [3.63, 3.8) is 0 Å². The Bertz CT molecular complexity index is 575. The summed E-state index contributed by atoms with van der Waals surface area (Å²) < 4.78 is 28.7. The van der Waals surface area contributed by atoms with Gasteiger partial charge in [-0.1, -0.05) is 18.9 Å². The normalized spacial score (nSPS) is 18.1. The Balaban J connectivity index is 2.07. The highest BCUT2D eigenvalue weighted by Gasteiger charge is 2.38. The molecule has 0 spiro atoms. The number of sulfonamides is 1. The molecule has 0 saturated heterocycles. The first-order valence-electron chi connectivity index (χ1n) is 7.00. The maximum Gasteiger partial charge on any atom is 0.209 e. The number of hydrogen-bond donors (Lipinski definition) is 1. The number of hydrogen-bond acceptors (Lipinski definition) is 3. The van der Waals surface area contributed by atoms with Gasteiger partial charge in [0.15, 0.2) is 0 Å². The molecule has 4 nitrogen and oxygen atoms in total. The SMILES string of the molecule is Cc1ccc(OCC2(CS(N)(=O)=O)CCCC2)cc1C. The van der Waals surface area contributed by atoms with Crippen molar-refractivity contribution in [2.24, 2.45) is 10.6 Å². The van der Waals surface area contributed by atoms with Crippen LogP contribution in [0.5, 0.6) is 5.75 Å². The fourth-order valence-electron chi connectivity index (χ4n) is 2.92. The van der Waals surface area contributed by atoms with Gasteiger partial charge in [0, 0.05) is 5.41 Å². The van der Waals surface area contributed by atoms with Crippen LogP contribution < -0.4 is 9.88 Å². The van der Waals surface area contributed by atoms with Crippen LogP contribution >= 0.6 is 0 Å². The van der Waals surface area contributed by atoms with E-state index >= 15 is 0 Å². The quantitative estimate of drug-likeness (QED) is 0.908. The van der Waals surface area contributed by atoms with E-state index in [9.17, 15) is 8.42 Å². The van der Waals surface area contributed by atoms with Crippen LogP contribution in [0.15, 0.2) is 18.2 Å². The first-order chi connectivity index (χ1) is 9.30. The molecular formula is C15H23NO3S. The molecule has 5 heteroatoms. The minimum Gasteiger partial charge on any atom is -0.493 e. The highest BCUT2D eigenvalue weighted by atomic mass is 32.2. The molecule has 1 aliphatic carbocycles. The molecule has 1 aliphatic rings. The molecule has 1 saturated carbocycles. The first kappa shape index (κ1) is 15.3. The zero-order valence-electron chi connectivity index (χ0n) is 12.2. The summed E-state index contributed by atoms with van der Waals surface area (Å²) in [6.07, 6.45) is 3.83. The summed E-state index contributed by atoms with van der Waals surface area (Å²) in [6, 6.07) is 5.95. The average molecular weight is 297 g/mol. The topological polar surface area (TPSA) is 69.4 Å². The van der Waals surface area contributed by atoms with Crippen molar-refractivity contribution in [2.45, 2.75) is 39.5 Å². The van der Waals surface area contributed by atoms with E-state index in [1.54, 1.807) is 0 Å². The van der Waals surface area contributed by atoms with Crippen LogP contribution in [0.1, 0.15) is 36.8 Å². The Hall–Kier alpha value is -1.07. The predicted octanol–water partition coefficient (Wildman–Crippen LogP) is 2.53. The third-order valence-corrected chi connectivity index (χ3v) is 5.21. The van der Waals surface area contributed by atoms with Crippen molar-refractivity contribution in [1.82, 2.24) is 0 Å². The van der Waals surface area contributed by atoms with E-state index in [0.717, 1.165) is 31.4 Å².